The highest BCUT2D eigenvalue weighted by molar-refractivity contribution is 5.94. The topological polar surface area (TPSA) is 156 Å². The van der Waals surface area contributed by atoms with Gasteiger partial charge in [-0.05, 0) is 60.4 Å². The lowest BCUT2D eigenvalue weighted by Gasteiger charge is -2.12. The molecular weight excluding hydrogens is 452 g/mol. The van der Waals surface area contributed by atoms with E-state index in [0.29, 0.717) is 36.0 Å². The number of ether oxygens (including phenoxy) is 2. The minimum Gasteiger partial charge on any atom is -0.490 e. The third-order valence-electron chi connectivity index (χ3n) is 4.97. The van der Waals surface area contributed by atoms with Gasteiger partial charge in [0.1, 0.15) is 6.61 Å². The summed E-state index contributed by atoms with van der Waals surface area (Å²) in [5.41, 5.74) is 11.5. The summed E-state index contributed by atoms with van der Waals surface area (Å²) in [7, 11) is 0. The molecule has 0 aliphatic carbocycles. The maximum absolute atomic E-state index is 12.5. The number of hydrogen-bond acceptors (Lipinski definition) is 10. The normalized spacial score (nSPS) is 11.1. The van der Waals surface area contributed by atoms with E-state index < -0.39 is 5.91 Å². The van der Waals surface area contributed by atoms with Crippen molar-refractivity contribution in [2.24, 2.45) is 5.10 Å². The van der Waals surface area contributed by atoms with Gasteiger partial charge in [0, 0.05) is 0 Å². The Morgan fingerprint density at radius 2 is 1.94 bits per heavy atom. The monoisotopic (exact) mass is 476 g/mol. The second-order valence-electron chi connectivity index (χ2n) is 7.52. The predicted octanol–water partition coefficient (Wildman–Crippen LogP) is 2.59. The predicted molar refractivity (Wildman–Crippen MR) is 127 cm³/mol. The van der Waals surface area contributed by atoms with Crippen LogP contribution in [0.2, 0.25) is 0 Å². The van der Waals surface area contributed by atoms with Crippen LogP contribution in [0.4, 0.5) is 5.82 Å². The van der Waals surface area contributed by atoms with E-state index in [0.717, 1.165) is 5.56 Å². The summed E-state index contributed by atoms with van der Waals surface area (Å²) in [6.45, 7) is 6.45. The van der Waals surface area contributed by atoms with Crippen LogP contribution in [0.25, 0.3) is 5.82 Å². The Labute approximate surface area is 200 Å². The van der Waals surface area contributed by atoms with Gasteiger partial charge in [0.05, 0.1) is 18.5 Å². The molecule has 0 unspecified atom stereocenters. The molecule has 4 rings (SSSR count). The van der Waals surface area contributed by atoms with Crippen molar-refractivity contribution in [3.05, 3.63) is 70.5 Å². The van der Waals surface area contributed by atoms with Crippen LogP contribution in [0.5, 0.6) is 11.5 Å². The van der Waals surface area contributed by atoms with Gasteiger partial charge in [-0.3, -0.25) is 4.79 Å². The molecule has 0 atom stereocenters. The second kappa shape index (κ2) is 10.5. The first-order valence-corrected chi connectivity index (χ1v) is 10.8. The number of aromatic nitrogens is 5. The van der Waals surface area contributed by atoms with Gasteiger partial charge >= 0.3 is 0 Å². The minimum absolute atomic E-state index is 0.0272. The molecule has 0 bridgehead atoms. The van der Waals surface area contributed by atoms with E-state index in [1.165, 1.54) is 16.5 Å². The molecule has 0 saturated heterocycles. The minimum atomic E-state index is -0.553. The summed E-state index contributed by atoms with van der Waals surface area (Å²) in [4.78, 5) is 12.5. The lowest BCUT2D eigenvalue weighted by molar-refractivity contribution is 0.0949. The molecule has 2 aromatic carbocycles. The Hall–Kier alpha value is -4.74. The molecule has 12 nitrogen and oxygen atoms in total. The molecule has 35 heavy (non-hydrogen) atoms. The summed E-state index contributed by atoms with van der Waals surface area (Å²) in [6.07, 6.45) is 1.49. The Kier molecular flexibility index (Phi) is 7.00. The van der Waals surface area contributed by atoms with E-state index in [9.17, 15) is 4.79 Å². The molecule has 4 aromatic rings. The van der Waals surface area contributed by atoms with E-state index in [4.69, 9.17) is 15.2 Å². The number of nitrogens with zero attached hydrogens (tertiary/aromatic N) is 6. The lowest BCUT2D eigenvalue weighted by Crippen LogP contribution is -2.19. The molecule has 0 radical (unpaired) electrons. The third kappa shape index (κ3) is 5.43. The number of rotatable bonds is 9. The van der Waals surface area contributed by atoms with Crippen molar-refractivity contribution in [3.63, 3.8) is 0 Å². The fraction of sp³-hybridized carbons (Fsp3) is 0.217. The fourth-order valence-electron chi connectivity index (χ4n) is 3.13. The van der Waals surface area contributed by atoms with Crippen LogP contribution in [-0.2, 0) is 6.61 Å². The first-order valence-electron chi connectivity index (χ1n) is 10.8. The Morgan fingerprint density at radius 3 is 2.66 bits per heavy atom. The Morgan fingerprint density at radius 1 is 1.14 bits per heavy atom. The number of aryl methyl sites for hydroxylation is 1. The van der Waals surface area contributed by atoms with Gasteiger partial charge in [0.15, 0.2) is 17.2 Å². The molecular formula is C23H24N8O4. The molecule has 0 fully saturated rings. The summed E-state index contributed by atoms with van der Waals surface area (Å²) in [5, 5.41) is 18.9. The highest BCUT2D eigenvalue weighted by Crippen LogP contribution is 2.29. The van der Waals surface area contributed by atoms with Crippen LogP contribution in [0.3, 0.4) is 0 Å². The molecule has 1 amide bonds. The van der Waals surface area contributed by atoms with Gasteiger partial charge in [-0.15, -0.1) is 5.10 Å². The van der Waals surface area contributed by atoms with Gasteiger partial charge in [-0.2, -0.15) is 9.78 Å². The lowest BCUT2D eigenvalue weighted by atomic mass is 10.2. The number of nitrogens with one attached hydrogen (secondary N) is 1. The average Bonchev–Trinajstić information content (AvgIpc) is 3.44. The number of anilines is 1. The van der Waals surface area contributed by atoms with E-state index in [-0.39, 0.29) is 17.3 Å². The second-order valence-corrected chi connectivity index (χ2v) is 7.52. The molecule has 0 saturated carbocycles. The Bertz CT molecular complexity index is 1340. The third-order valence-corrected chi connectivity index (χ3v) is 4.97. The first kappa shape index (κ1) is 23.4. The van der Waals surface area contributed by atoms with E-state index in [1.807, 2.05) is 44.2 Å². The molecule has 0 aliphatic rings. The summed E-state index contributed by atoms with van der Waals surface area (Å²) >= 11 is 0. The largest absolute Gasteiger partial charge is 0.490 e. The number of hydrogen-bond donors (Lipinski definition) is 2. The number of nitrogens with two attached hydrogens (primary N) is 1. The SMILES string of the molecule is CCOc1cc(/C=N\NC(=O)c2nnn(-c3nonc3N)c2C)ccc1OCc1ccc(C)cc1. The zero-order valence-electron chi connectivity index (χ0n) is 19.4. The van der Waals surface area contributed by atoms with Gasteiger partial charge < -0.3 is 15.2 Å². The smallest absolute Gasteiger partial charge is 0.293 e. The van der Waals surface area contributed by atoms with Crippen LogP contribution in [0, 0.1) is 13.8 Å². The first-order chi connectivity index (χ1) is 17.0. The molecule has 0 aliphatic heterocycles. The highest BCUT2D eigenvalue weighted by Gasteiger charge is 2.20. The molecule has 0 spiro atoms. The summed E-state index contributed by atoms with van der Waals surface area (Å²) < 4.78 is 17.5. The van der Waals surface area contributed by atoms with E-state index >= 15 is 0 Å². The molecule has 2 aromatic heterocycles. The zero-order chi connectivity index (χ0) is 24.8. The molecule has 180 valence electrons. The number of amides is 1. The number of carbonyl (C=O) groups excluding carboxylic acids is 1. The summed E-state index contributed by atoms with van der Waals surface area (Å²) in [5.74, 6) is 0.808. The van der Waals surface area contributed by atoms with Gasteiger partial charge in [-0.1, -0.05) is 35.0 Å². The van der Waals surface area contributed by atoms with Crippen molar-refractivity contribution in [2.45, 2.75) is 27.4 Å². The van der Waals surface area contributed by atoms with Gasteiger partial charge in [-0.25, -0.2) is 10.1 Å². The van der Waals surface area contributed by atoms with E-state index in [2.05, 4.69) is 35.8 Å². The van der Waals surface area contributed by atoms with Crippen LogP contribution in [-0.4, -0.2) is 44.0 Å². The van der Waals surface area contributed by atoms with Crippen molar-refractivity contribution in [1.29, 1.82) is 0 Å². The number of hydrazone groups is 1. The van der Waals surface area contributed by atoms with Crippen LogP contribution in [0.1, 0.15) is 39.8 Å². The quantitative estimate of drug-likeness (QED) is 0.274. The maximum Gasteiger partial charge on any atom is 0.293 e. The maximum atomic E-state index is 12.5. The van der Waals surface area contributed by atoms with E-state index in [1.54, 1.807) is 19.1 Å². The number of carbonyl (C=O) groups is 1. The molecule has 12 heteroatoms. The number of nitrogen functional groups attached to an aromatic ring is 1. The van der Waals surface area contributed by atoms with Crippen molar-refractivity contribution in [1.82, 2.24) is 30.7 Å². The standard InChI is InChI=1S/C23H24N8O4/c1-4-33-19-11-17(9-10-18(19)34-13-16-7-5-14(2)6-8-16)12-25-27-23(32)20-15(3)31(30-26-20)22-21(24)28-35-29-22/h5-12H,4,13H2,1-3H3,(H2,24,28)(H,27,32)/b25-12-. The van der Waals surface area contributed by atoms with Gasteiger partial charge in [0.2, 0.25) is 11.6 Å². The molecule has 2 heterocycles. The Balaban J connectivity index is 1.41. The average molecular weight is 476 g/mol. The number of benzene rings is 2. The summed E-state index contributed by atoms with van der Waals surface area (Å²) in [6, 6.07) is 13.5. The van der Waals surface area contributed by atoms with Gasteiger partial charge in [0.25, 0.3) is 5.91 Å². The van der Waals surface area contributed by atoms with Crippen LogP contribution in [0.15, 0.2) is 52.2 Å². The zero-order valence-corrected chi connectivity index (χ0v) is 19.4. The molecule has 3 N–H and O–H groups in total. The van der Waals surface area contributed by atoms with Crippen LogP contribution < -0.4 is 20.6 Å². The highest BCUT2D eigenvalue weighted by atomic mass is 16.6. The van der Waals surface area contributed by atoms with Crippen molar-refractivity contribution in [3.8, 4) is 17.3 Å². The van der Waals surface area contributed by atoms with Crippen molar-refractivity contribution < 1.29 is 18.9 Å². The van der Waals surface area contributed by atoms with Crippen LogP contribution >= 0.6 is 0 Å². The van der Waals surface area contributed by atoms with Crippen molar-refractivity contribution in [2.75, 3.05) is 12.3 Å². The van der Waals surface area contributed by atoms with Crippen molar-refractivity contribution >= 4 is 17.9 Å². The fourth-order valence-corrected chi connectivity index (χ4v) is 3.13.